The van der Waals surface area contributed by atoms with Crippen molar-refractivity contribution in [3.8, 4) is 11.3 Å². The molecule has 0 bridgehead atoms. The smallest absolute Gasteiger partial charge is 0.371 e. The molecule has 0 fully saturated rings. The summed E-state index contributed by atoms with van der Waals surface area (Å²) < 4.78 is 5.18. The summed E-state index contributed by atoms with van der Waals surface area (Å²) in [6.07, 6.45) is -1.95. The van der Waals surface area contributed by atoms with Crippen LogP contribution in [0.3, 0.4) is 0 Å². The van der Waals surface area contributed by atoms with Gasteiger partial charge in [-0.3, -0.25) is 0 Å². The van der Waals surface area contributed by atoms with Crippen LogP contribution in [0.1, 0.15) is 22.2 Å². The van der Waals surface area contributed by atoms with E-state index in [0.717, 1.165) is 0 Å². The highest BCUT2D eigenvalue weighted by Gasteiger charge is 2.17. The van der Waals surface area contributed by atoms with E-state index in [1.54, 1.807) is 30.3 Å². The van der Waals surface area contributed by atoms with Gasteiger partial charge < -0.3 is 19.7 Å². The van der Waals surface area contributed by atoms with Crippen LogP contribution < -0.4 is 0 Å². The van der Waals surface area contributed by atoms with Crippen LogP contribution in [0.2, 0.25) is 0 Å². The molecule has 2 aromatic rings. The Morgan fingerprint density at radius 2 is 1.80 bits per heavy atom. The molecule has 1 aromatic heterocycles. The van der Waals surface area contributed by atoms with E-state index in [4.69, 9.17) is 9.52 Å². The molecule has 2 atom stereocenters. The van der Waals surface area contributed by atoms with Crippen molar-refractivity contribution in [3.05, 3.63) is 47.7 Å². The van der Waals surface area contributed by atoms with Gasteiger partial charge in [0.05, 0.1) is 6.10 Å². The normalized spacial score (nSPS) is 13.9. The van der Waals surface area contributed by atoms with E-state index >= 15 is 0 Å². The predicted octanol–water partition coefficient (Wildman–Crippen LogP) is 1.97. The summed E-state index contributed by atoms with van der Waals surface area (Å²) in [6.45, 7) is 0. The van der Waals surface area contributed by atoms with E-state index in [9.17, 15) is 15.0 Å². The molecule has 6 heteroatoms. The number of thiol groups is 1. The zero-order valence-corrected chi connectivity index (χ0v) is 11.3. The summed E-state index contributed by atoms with van der Waals surface area (Å²) in [5.41, 5.74) is 1.24. The molecule has 0 aliphatic rings. The number of hydrogen-bond donors (Lipinski definition) is 4. The van der Waals surface area contributed by atoms with Gasteiger partial charge in [0.2, 0.25) is 5.76 Å². The third-order valence-corrected chi connectivity index (χ3v) is 3.28. The highest BCUT2D eigenvalue weighted by Crippen LogP contribution is 2.25. The SMILES string of the molecule is O=C(O)c1ccc(-c2ccc(C(O)C(O)CS)cc2)o1. The lowest BCUT2D eigenvalue weighted by molar-refractivity contribution is 0.0338. The third-order valence-electron chi connectivity index (χ3n) is 2.91. The van der Waals surface area contributed by atoms with Crippen LogP contribution in [0.25, 0.3) is 11.3 Å². The van der Waals surface area contributed by atoms with E-state index < -0.39 is 18.2 Å². The topological polar surface area (TPSA) is 90.9 Å². The number of carboxylic acid groups (broad SMARTS) is 1. The minimum absolute atomic E-state index is 0.130. The highest BCUT2D eigenvalue weighted by molar-refractivity contribution is 7.80. The van der Waals surface area contributed by atoms with Crippen molar-refractivity contribution in [2.75, 3.05) is 5.75 Å². The fourth-order valence-electron chi connectivity index (χ4n) is 1.77. The van der Waals surface area contributed by atoms with Gasteiger partial charge >= 0.3 is 5.97 Å². The lowest BCUT2D eigenvalue weighted by Crippen LogP contribution is -2.19. The fraction of sp³-hybridized carbons (Fsp3) is 0.214. The van der Waals surface area contributed by atoms with Crippen LogP contribution in [0, 0.1) is 0 Å². The molecule has 0 saturated carbocycles. The van der Waals surface area contributed by atoms with Gasteiger partial charge in [-0.05, 0) is 17.7 Å². The molecular weight excluding hydrogens is 280 g/mol. The Kier molecular flexibility index (Phi) is 4.49. The van der Waals surface area contributed by atoms with E-state index in [1.807, 2.05) is 0 Å². The second kappa shape index (κ2) is 6.13. The maximum absolute atomic E-state index is 10.7. The fourth-order valence-corrected chi connectivity index (χ4v) is 1.97. The number of carboxylic acids is 1. The highest BCUT2D eigenvalue weighted by atomic mass is 32.1. The number of aliphatic hydroxyl groups is 2. The molecule has 0 aliphatic carbocycles. The zero-order chi connectivity index (χ0) is 14.7. The number of rotatable bonds is 5. The molecule has 0 amide bonds. The first-order valence-electron chi connectivity index (χ1n) is 5.93. The van der Waals surface area contributed by atoms with E-state index in [2.05, 4.69) is 12.6 Å². The van der Waals surface area contributed by atoms with Crippen molar-refractivity contribution in [2.24, 2.45) is 0 Å². The van der Waals surface area contributed by atoms with Crippen molar-refractivity contribution in [1.82, 2.24) is 0 Å². The summed E-state index contributed by atoms with van der Waals surface area (Å²) in [6, 6.07) is 9.62. The van der Waals surface area contributed by atoms with Crippen molar-refractivity contribution >= 4 is 18.6 Å². The number of furan rings is 1. The van der Waals surface area contributed by atoms with Crippen LogP contribution in [0.15, 0.2) is 40.8 Å². The number of carbonyl (C=O) groups is 1. The third kappa shape index (κ3) is 3.04. The van der Waals surface area contributed by atoms with E-state index in [1.165, 1.54) is 6.07 Å². The standard InChI is InChI=1S/C14H14O5S/c15-10(7-20)13(16)9-3-1-8(2-4-9)11-5-6-12(19-11)14(17)18/h1-6,10,13,15-16,20H,7H2,(H,17,18). The average Bonchev–Trinajstić information content (AvgIpc) is 2.96. The van der Waals surface area contributed by atoms with Crippen LogP contribution >= 0.6 is 12.6 Å². The summed E-state index contributed by atoms with van der Waals surface area (Å²) in [4.78, 5) is 10.7. The monoisotopic (exact) mass is 294 g/mol. The summed E-state index contributed by atoms with van der Waals surface area (Å²) in [5.74, 6) is -0.670. The van der Waals surface area contributed by atoms with Gasteiger partial charge in [0, 0.05) is 11.3 Å². The van der Waals surface area contributed by atoms with Crippen molar-refractivity contribution in [3.63, 3.8) is 0 Å². The molecule has 5 nitrogen and oxygen atoms in total. The Balaban J connectivity index is 2.21. The molecular formula is C14H14O5S. The van der Waals surface area contributed by atoms with Crippen molar-refractivity contribution in [1.29, 1.82) is 0 Å². The van der Waals surface area contributed by atoms with Gasteiger partial charge in [-0.25, -0.2) is 4.79 Å². The Labute approximate surface area is 120 Å². The first kappa shape index (κ1) is 14.6. The Morgan fingerprint density at radius 1 is 1.15 bits per heavy atom. The zero-order valence-electron chi connectivity index (χ0n) is 10.4. The first-order valence-corrected chi connectivity index (χ1v) is 6.56. The second-order valence-electron chi connectivity index (χ2n) is 4.29. The van der Waals surface area contributed by atoms with Crippen molar-refractivity contribution < 1.29 is 24.5 Å². The van der Waals surface area contributed by atoms with Gasteiger partial charge in [-0.1, -0.05) is 24.3 Å². The van der Waals surface area contributed by atoms with Gasteiger partial charge in [0.25, 0.3) is 0 Å². The predicted molar refractivity (Wildman–Crippen MR) is 75.9 cm³/mol. The minimum Gasteiger partial charge on any atom is -0.475 e. The molecule has 3 N–H and O–H groups in total. The number of aliphatic hydroxyl groups excluding tert-OH is 2. The van der Waals surface area contributed by atoms with Crippen LogP contribution in [0.5, 0.6) is 0 Å². The van der Waals surface area contributed by atoms with Gasteiger partial charge in [-0.15, -0.1) is 0 Å². The van der Waals surface area contributed by atoms with Crippen LogP contribution in [-0.2, 0) is 0 Å². The average molecular weight is 294 g/mol. The van der Waals surface area contributed by atoms with Gasteiger partial charge in [0.15, 0.2) is 0 Å². The first-order chi connectivity index (χ1) is 9.52. The Bertz CT molecular complexity index is 590. The molecule has 106 valence electrons. The summed E-state index contributed by atoms with van der Waals surface area (Å²) in [7, 11) is 0. The van der Waals surface area contributed by atoms with Gasteiger partial charge in [-0.2, -0.15) is 12.6 Å². The Morgan fingerprint density at radius 3 is 2.30 bits per heavy atom. The molecule has 0 saturated heterocycles. The number of benzene rings is 1. The Hall–Kier alpha value is -1.76. The lowest BCUT2D eigenvalue weighted by atomic mass is 10.0. The molecule has 2 unspecified atom stereocenters. The molecule has 0 spiro atoms. The van der Waals surface area contributed by atoms with Gasteiger partial charge in [0.1, 0.15) is 11.9 Å². The number of hydrogen-bond acceptors (Lipinski definition) is 5. The van der Waals surface area contributed by atoms with E-state index in [0.29, 0.717) is 16.9 Å². The quantitative estimate of drug-likeness (QED) is 0.633. The molecule has 20 heavy (non-hydrogen) atoms. The molecule has 0 radical (unpaired) electrons. The molecule has 1 aromatic carbocycles. The van der Waals surface area contributed by atoms with Crippen LogP contribution in [-0.4, -0.2) is 33.1 Å². The van der Waals surface area contributed by atoms with Crippen LogP contribution in [0.4, 0.5) is 0 Å². The molecule has 1 heterocycles. The maximum Gasteiger partial charge on any atom is 0.371 e. The minimum atomic E-state index is -1.12. The lowest BCUT2D eigenvalue weighted by Gasteiger charge is -2.16. The molecule has 2 rings (SSSR count). The summed E-state index contributed by atoms with van der Waals surface area (Å²) >= 11 is 3.92. The largest absolute Gasteiger partial charge is 0.475 e. The molecule has 0 aliphatic heterocycles. The maximum atomic E-state index is 10.7. The second-order valence-corrected chi connectivity index (χ2v) is 4.65. The van der Waals surface area contributed by atoms with Crippen molar-refractivity contribution in [2.45, 2.75) is 12.2 Å². The number of aromatic carboxylic acids is 1. The summed E-state index contributed by atoms with van der Waals surface area (Å²) in [5, 5.41) is 28.1. The van der Waals surface area contributed by atoms with E-state index in [-0.39, 0.29) is 11.5 Å².